The first kappa shape index (κ1) is 21.1. The molecule has 0 aromatic heterocycles. The van der Waals surface area contributed by atoms with Gasteiger partial charge >= 0.3 is 0 Å². The Labute approximate surface area is 169 Å². The summed E-state index contributed by atoms with van der Waals surface area (Å²) in [6, 6.07) is 12.3. The Bertz CT molecular complexity index is 815. The lowest BCUT2D eigenvalue weighted by Crippen LogP contribution is -2.35. The molecule has 7 heteroatoms. The minimum absolute atomic E-state index is 0.0507. The van der Waals surface area contributed by atoms with Gasteiger partial charge in [0, 0.05) is 5.02 Å². The predicted octanol–water partition coefficient (Wildman–Crippen LogP) is 4.42. The van der Waals surface area contributed by atoms with Crippen LogP contribution in [0.25, 0.3) is 0 Å². The molecule has 0 spiro atoms. The van der Waals surface area contributed by atoms with Crippen molar-refractivity contribution in [1.82, 2.24) is 5.32 Å². The molecule has 0 unspecified atom stereocenters. The lowest BCUT2D eigenvalue weighted by atomic mass is 9.87. The van der Waals surface area contributed by atoms with Crippen molar-refractivity contribution < 1.29 is 14.3 Å². The Morgan fingerprint density at radius 2 is 1.67 bits per heavy atom. The highest BCUT2D eigenvalue weighted by Gasteiger charge is 2.13. The Morgan fingerprint density at radius 1 is 1.00 bits per heavy atom. The van der Waals surface area contributed by atoms with Gasteiger partial charge in [0.15, 0.2) is 6.61 Å². The Hall–Kier alpha value is -2.24. The quantitative estimate of drug-likeness (QED) is 0.742. The number of hydrogen-bond donors (Lipinski definition) is 2. The van der Waals surface area contributed by atoms with Crippen LogP contribution in [-0.4, -0.2) is 25.0 Å². The van der Waals surface area contributed by atoms with E-state index in [4.69, 9.17) is 27.9 Å². The van der Waals surface area contributed by atoms with E-state index in [0.29, 0.717) is 21.5 Å². The van der Waals surface area contributed by atoms with Crippen LogP contribution in [0.15, 0.2) is 42.5 Å². The molecule has 0 fully saturated rings. The van der Waals surface area contributed by atoms with Crippen LogP contribution in [-0.2, 0) is 15.0 Å². The Morgan fingerprint density at radius 3 is 2.30 bits per heavy atom. The summed E-state index contributed by atoms with van der Waals surface area (Å²) in [5.41, 5.74) is 1.61. The second kappa shape index (κ2) is 9.11. The summed E-state index contributed by atoms with van der Waals surface area (Å²) < 4.78 is 5.44. The van der Waals surface area contributed by atoms with E-state index in [1.807, 2.05) is 24.3 Å². The zero-order valence-corrected chi connectivity index (χ0v) is 16.9. The van der Waals surface area contributed by atoms with Gasteiger partial charge in [-0.2, -0.15) is 0 Å². The number of ether oxygens (including phenoxy) is 1. The van der Waals surface area contributed by atoms with Gasteiger partial charge in [0.2, 0.25) is 5.91 Å². The van der Waals surface area contributed by atoms with Gasteiger partial charge in [0.1, 0.15) is 5.75 Å². The van der Waals surface area contributed by atoms with Crippen LogP contribution in [0.5, 0.6) is 5.75 Å². The predicted molar refractivity (Wildman–Crippen MR) is 109 cm³/mol. The van der Waals surface area contributed by atoms with Crippen LogP contribution >= 0.6 is 23.2 Å². The van der Waals surface area contributed by atoms with Crippen LogP contribution in [0.3, 0.4) is 0 Å². The summed E-state index contributed by atoms with van der Waals surface area (Å²) in [5, 5.41) is 5.89. The third kappa shape index (κ3) is 6.77. The van der Waals surface area contributed by atoms with Crippen molar-refractivity contribution in [3.8, 4) is 5.75 Å². The van der Waals surface area contributed by atoms with E-state index >= 15 is 0 Å². The number of nitrogens with one attached hydrogen (secondary N) is 2. The summed E-state index contributed by atoms with van der Waals surface area (Å²) in [6.45, 7) is 5.99. The fraction of sp³-hybridized carbons (Fsp3) is 0.300. The van der Waals surface area contributed by atoms with Crippen LogP contribution < -0.4 is 15.4 Å². The molecule has 0 aliphatic carbocycles. The molecule has 2 N–H and O–H groups in total. The van der Waals surface area contributed by atoms with Crippen molar-refractivity contribution in [1.29, 1.82) is 0 Å². The SMILES string of the molecule is CC(C)(C)c1ccc(OCC(=O)NCC(=O)Nc2cc(Cl)ccc2Cl)cc1. The highest BCUT2D eigenvalue weighted by Crippen LogP contribution is 2.25. The van der Waals surface area contributed by atoms with Crippen molar-refractivity contribution in [2.75, 3.05) is 18.5 Å². The third-order valence-electron chi connectivity index (χ3n) is 3.74. The molecule has 0 heterocycles. The van der Waals surface area contributed by atoms with Crippen LogP contribution in [0.1, 0.15) is 26.3 Å². The highest BCUT2D eigenvalue weighted by molar-refractivity contribution is 6.35. The Kier molecular flexibility index (Phi) is 7.11. The molecule has 2 amide bonds. The molecule has 0 radical (unpaired) electrons. The number of halogens is 2. The number of amides is 2. The fourth-order valence-corrected chi connectivity index (χ4v) is 2.55. The first-order valence-corrected chi connectivity index (χ1v) is 9.16. The minimum atomic E-state index is -0.415. The largest absolute Gasteiger partial charge is 0.484 e. The standard InChI is InChI=1S/C20H22Cl2N2O3/c1-20(2,3)13-4-7-15(8-5-13)27-12-19(26)23-11-18(25)24-17-10-14(21)6-9-16(17)22/h4-10H,11-12H2,1-3H3,(H,23,26)(H,24,25). The normalized spacial score (nSPS) is 11.0. The van der Waals surface area contributed by atoms with Gasteiger partial charge in [-0.15, -0.1) is 0 Å². The molecule has 2 rings (SSSR count). The van der Waals surface area contributed by atoms with E-state index in [1.54, 1.807) is 12.1 Å². The first-order valence-electron chi connectivity index (χ1n) is 8.40. The number of carbonyl (C=O) groups is 2. The van der Waals surface area contributed by atoms with E-state index in [2.05, 4.69) is 31.4 Å². The number of hydrogen-bond acceptors (Lipinski definition) is 3. The van der Waals surface area contributed by atoms with Gasteiger partial charge in [0.05, 0.1) is 17.3 Å². The molecule has 0 saturated carbocycles. The monoisotopic (exact) mass is 408 g/mol. The zero-order chi connectivity index (χ0) is 20.0. The van der Waals surface area contributed by atoms with Crippen LogP contribution in [0, 0.1) is 0 Å². The molecule has 2 aromatic rings. The lowest BCUT2D eigenvalue weighted by molar-refractivity contribution is -0.125. The second-order valence-electron chi connectivity index (χ2n) is 7.01. The third-order valence-corrected chi connectivity index (χ3v) is 4.30. The van der Waals surface area contributed by atoms with Crippen molar-refractivity contribution in [3.63, 3.8) is 0 Å². The number of benzene rings is 2. The van der Waals surface area contributed by atoms with E-state index < -0.39 is 11.8 Å². The molecule has 0 aliphatic rings. The average molecular weight is 409 g/mol. The number of carbonyl (C=O) groups excluding carboxylic acids is 2. The molecule has 5 nitrogen and oxygen atoms in total. The molecule has 0 atom stereocenters. The number of anilines is 1. The molecule has 0 aliphatic heterocycles. The highest BCUT2D eigenvalue weighted by atomic mass is 35.5. The average Bonchev–Trinajstić information content (AvgIpc) is 2.61. The van der Waals surface area contributed by atoms with Crippen molar-refractivity contribution in [2.24, 2.45) is 0 Å². The maximum absolute atomic E-state index is 11.9. The first-order chi connectivity index (χ1) is 12.6. The van der Waals surface area contributed by atoms with Crippen molar-refractivity contribution in [2.45, 2.75) is 26.2 Å². The summed E-state index contributed by atoms with van der Waals surface area (Å²) in [6.07, 6.45) is 0. The Balaban J connectivity index is 1.77. The van der Waals surface area contributed by atoms with E-state index in [1.165, 1.54) is 11.6 Å². The maximum atomic E-state index is 11.9. The summed E-state index contributed by atoms with van der Waals surface area (Å²) in [4.78, 5) is 23.8. The molecular formula is C20H22Cl2N2O3. The van der Waals surface area contributed by atoms with E-state index in [0.717, 1.165) is 0 Å². The summed E-state index contributed by atoms with van der Waals surface area (Å²) in [5.74, 6) is -0.224. The van der Waals surface area contributed by atoms with Gasteiger partial charge in [-0.05, 0) is 41.3 Å². The lowest BCUT2D eigenvalue weighted by Gasteiger charge is -2.19. The van der Waals surface area contributed by atoms with Crippen LogP contribution in [0.4, 0.5) is 5.69 Å². The van der Waals surface area contributed by atoms with Gasteiger partial charge in [-0.3, -0.25) is 9.59 Å². The maximum Gasteiger partial charge on any atom is 0.258 e. The van der Waals surface area contributed by atoms with Crippen molar-refractivity contribution in [3.05, 3.63) is 58.1 Å². The number of rotatable bonds is 6. The molecule has 0 bridgehead atoms. The van der Waals surface area contributed by atoms with Crippen molar-refractivity contribution >= 4 is 40.7 Å². The topological polar surface area (TPSA) is 67.4 Å². The van der Waals surface area contributed by atoms with Gasteiger partial charge in [-0.1, -0.05) is 56.1 Å². The molecule has 144 valence electrons. The van der Waals surface area contributed by atoms with E-state index in [9.17, 15) is 9.59 Å². The van der Waals surface area contributed by atoms with Crippen LogP contribution in [0.2, 0.25) is 10.0 Å². The zero-order valence-electron chi connectivity index (χ0n) is 15.4. The van der Waals surface area contributed by atoms with Gasteiger partial charge in [0.25, 0.3) is 5.91 Å². The summed E-state index contributed by atoms with van der Waals surface area (Å²) in [7, 11) is 0. The second-order valence-corrected chi connectivity index (χ2v) is 7.86. The van der Waals surface area contributed by atoms with E-state index in [-0.39, 0.29) is 18.6 Å². The molecular weight excluding hydrogens is 387 g/mol. The molecule has 0 saturated heterocycles. The minimum Gasteiger partial charge on any atom is -0.484 e. The summed E-state index contributed by atoms with van der Waals surface area (Å²) >= 11 is 11.8. The molecule has 2 aromatic carbocycles. The fourth-order valence-electron chi connectivity index (χ4n) is 2.22. The molecule has 27 heavy (non-hydrogen) atoms. The van der Waals surface area contributed by atoms with Gasteiger partial charge in [-0.25, -0.2) is 0 Å². The smallest absolute Gasteiger partial charge is 0.258 e. The van der Waals surface area contributed by atoms with Gasteiger partial charge < -0.3 is 15.4 Å².